The maximum Gasteiger partial charge on any atom is 0.255 e. The van der Waals surface area contributed by atoms with E-state index in [1.807, 2.05) is 48.5 Å². The number of oxime groups is 1. The first-order valence-corrected chi connectivity index (χ1v) is 16.8. The number of unbranched alkanes of at least 4 members (excludes halogenated alkanes) is 1. The number of halogens is 1. The molecular weight excluding hydrogens is 678 g/mol. The minimum absolute atomic E-state index is 0.204. The van der Waals surface area contributed by atoms with Gasteiger partial charge in [0.15, 0.2) is 40.6 Å². The van der Waals surface area contributed by atoms with Gasteiger partial charge in [-0.15, -0.1) is 0 Å². The van der Waals surface area contributed by atoms with Gasteiger partial charge in [-0.2, -0.15) is 0 Å². The van der Waals surface area contributed by atoms with E-state index in [1.54, 1.807) is 53.7 Å². The first kappa shape index (κ1) is 35.3. The summed E-state index contributed by atoms with van der Waals surface area (Å²) in [6.45, 7) is 0.914. The molecule has 2 heterocycles. The smallest absolute Gasteiger partial charge is 0.255 e. The fourth-order valence-corrected chi connectivity index (χ4v) is 6.20. The Hall–Kier alpha value is -5.49. The minimum Gasteiger partial charge on any atom is -0.493 e. The molecule has 0 fully saturated rings. The summed E-state index contributed by atoms with van der Waals surface area (Å²) >= 11 is 6.06. The zero-order valence-electron chi connectivity index (χ0n) is 29.0. The third-order valence-electron chi connectivity index (χ3n) is 8.60. The summed E-state index contributed by atoms with van der Waals surface area (Å²) in [4.78, 5) is 18.6. The van der Waals surface area contributed by atoms with E-state index < -0.39 is 6.17 Å². The van der Waals surface area contributed by atoms with Crippen LogP contribution in [0.15, 0.2) is 71.9 Å². The number of nitrogens with one attached hydrogen (secondary N) is 2. The van der Waals surface area contributed by atoms with Gasteiger partial charge in [-0.3, -0.25) is 4.79 Å². The number of benzene rings is 4. The fraction of sp³-hybridized carbons (Fsp3) is 0.316. The van der Waals surface area contributed by atoms with Gasteiger partial charge in [0.1, 0.15) is 6.17 Å². The predicted octanol–water partition coefficient (Wildman–Crippen LogP) is 7.34. The lowest BCUT2D eigenvalue weighted by atomic mass is 9.98. The highest BCUT2D eigenvalue weighted by atomic mass is 35.5. The number of nitrogens with zero attached hydrogens (tertiary/aromatic N) is 1. The molecule has 2 atom stereocenters. The highest BCUT2D eigenvalue weighted by Gasteiger charge is 2.30. The Morgan fingerprint density at radius 3 is 2.14 bits per heavy atom. The van der Waals surface area contributed by atoms with Crippen molar-refractivity contribution in [2.24, 2.45) is 5.16 Å². The topological polar surface area (TPSA) is 127 Å². The molecule has 0 bridgehead atoms. The average Bonchev–Trinajstić information content (AvgIpc) is 3.66. The third kappa shape index (κ3) is 7.65. The molecule has 4 aromatic carbocycles. The van der Waals surface area contributed by atoms with Crippen LogP contribution in [0.4, 0.5) is 5.69 Å². The van der Waals surface area contributed by atoms with Crippen LogP contribution in [0.1, 0.15) is 58.6 Å². The van der Waals surface area contributed by atoms with Gasteiger partial charge in [-0.25, -0.2) is 0 Å². The molecular formula is C38H40ClN3O9. The largest absolute Gasteiger partial charge is 0.493 e. The molecule has 4 aromatic rings. The summed E-state index contributed by atoms with van der Waals surface area (Å²) in [5, 5.41) is 11.2. The molecule has 1 amide bonds. The molecule has 0 saturated carbocycles. The molecule has 13 heteroatoms. The molecule has 0 saturated heterocycles. The van der Waals surface area contributed by atoms with Crippen LogP contribution >= 0.6 is 11.6 Å². The van der Waals surface area contributed by atoms with E-state index in [9.17, 15) is 4.79 Å². The van der Waals surface area contributed by atoms with Gasteiger partial charge < -0.3 is 48.6 Å². The quantitative estimate of drug-likeness (QED) is 0.121. The maximum absolute atomic E-state index is 12.7. The SMILES string of the molecule is COc1cc(C2NC(=O)c3cc(Cl)ccc3N2)ccc1OCCCCOc1cccc(C2CC(c3cc(OC)c(OC)c(OC)c3)=NO2)c1OC. The van der Waals surface area contributed by atoms with Crippen LogP contribution in [-0.4, -0.2) is 60.4 Å². The van der Waals surface area contributed by atoms with E-state index in [-0.39, 0.29) is 12.0 Å². The van der Waals surface area contributed by atoms with Crippen molar-refractivity contribution in [3.63, 3.8) is 0 Å². The molecule has 0 spiro atoms. The molecule has 0 aliphatic carbocycles. The highest BCUT2D eigenvalue weighted by molar-refractivity contribution is 6.31. The number of hydrogen-bond donors (Lipinski definition) is 2. The molecule has 268 valence electrons. The first-order chi connectivity index (χ1) is 24.9. The van der Waals surface area contributed by atoms with Crippen molar-refractivity contribution in [3.8, 4) is 40.2 Å². The summed E-state index contributed by atoms with van der Waals surface area (Å²) in [6.07, 6.45) is 1.19. The molecule has 2 unspecified atom stereocenters. The second-order valence-corrected chi connectivity index (χ2v) is 12.1. The lowest BCUT2D eigenvalue weighted by Gasteiger charge is -2.28. The van der Waals surface area contributed by atoms with E-state index >= 15 is 0 Å². The Kier molecular flexibility index (Phi) is 11.1. The van der Waals surface area contributed by atoms with Crippen molar-refractivity contribution < 1.29 is 42.8 Å². The first-order valence-electron chi connectivity index (χ1n) is 16.4. The van der Waals surface area contributed by atoms with Gasteiger partial charge >= 0.3 is 0 Å². The Labute approximate surface area is 301 Å². The normalized spacial score (nSPS) is 16.1. The van der Waals surface area contributed by atoms with Gasteiger partial charge in [0.2, 0.25) is 5.75 Å². The number of methoxy groups -OCH3 is 5. The number of carbonyl (C=O) groups excluding carboxylic acids is 1. The standard InChI is InChI=1S/C38H40ClN3O9/c1-44-32-17-22(37-40-27-13-12-24(39)20-26(27)38(43)41-37)11-14-29(32)49-15-6-7-16-50-30-10-8-9-25(35(30)47-4)31-21-28(42-51-31)23-18-33(45-2)36(48-5)34(19-23)46-3/h8-14,17-20,31,37,40H,6-7,15-16,21H2,1-5H3,(H,41,43). The summed E-state index contributed by atoms with van der Waals surface area (Å²) in [5.41, 5.74) is 4.41. The summed E-state index contributed by atoms with van der Waals surface area (Å²) < 4.78 is 40.1. The number of para-hydroxylation sites is 1. The van der Waals surface area contributed by atoms with E-state index in [1.165, 1.54) is 0 Å². The zero-order chi connectivity index (χ0) is 35.9. The predicted molar refractivity (Wildman–Crippen MR) is 193 cm³/mol. The van der Waals surface area contributed by atoms with Gasteiger partial charge in [-0.05, 0) is 66.9 Å². The van der Waals surface area contributed by atoms with Gasteiger partial charge in [0.05, 0.1) is 60.0 Å². The Balaban J connectivity index is 1.01. The van der Waals surface area contributed by atoms with Crippen LogP contribution < -0.4 is 43.8 Å². The number of ether oxygens (including phenoxy) is 7. The molecule has 0 aromatic heterocycles. The average molecular weight is 718 g/mol. The molecule has 12 nitrogen and oxygen atoms in total. The number of hydrogen-bond acceptors (Lipinski definition) is 11. The van der Waals surface area contributed by atoms with Gasteiger partial charge in [0.25, 0.3) is 5.91 Å². The van der Waals surface area contributed by atoms with Gasteiger partial charge in [-0.1, -0.05) is 35.0 Å². The second-order valence-electron chi connectivity index (χ2n) is 11.7. The van der Waals surface area contributed by atoms with E-state index in [0.717, 1.165) is 35.2 Å². The van der Waals surface area contributed by atoms with Crippen molar-refractivity contribution in [1.29, 1.82) is 0 Å². The van der Waals surface area contributed by atoms with E-state index in [2.05, 4.69) is 15.8 Å². The van der Waals surface area contributed by atoms with Gasteiger partial charge in [0, 0.05) is 28.3 Å². The number of amides is 1. The molecule has 51 heavy (non-hydrogen) atoms. The van der Waals surface area contributed by atoms with Crippen molar-refractivity contribution in [1.82, 2.24) is 5.32 Å². The third-order valence-corrected chi connectivity index (χ3v) is 8.84. The van der Waals surface area contributed by atoms with Crippen LogP contribution in [0.3, 0.4) is 0 Å². The lowest BCUT2D eigenvalue weighted by Crippen LogP contribution is -2.38. The van der Waals surface area contributed by atoms with Crippen LogP contribution in [0, 0.1) is 0 Å². The summed E-state index contributed by atoms with van der Waals surface area (Å²) in [6, 6.07) is 20.2. The van der Waals surface area contributed by atoms with Crippen molar-refractivity contribution in [3.05, 3.63) is 94.0 Å². The van der Waals surface area contributed by atoms with E-state index in [4.69, 9.17) is 49.6 Å². The molecule has 6 rings (SSSR count). The number of carbonyl (C=O) groups is 1. The monoisotopic (exact) mass is 717 g/mol. The maximum atomic E-state index is 12.7. The zero-order valence-corrected chi connectivity index (χ0v) is 29.8. The highest BCUT2D eigenvalue weighted by Crippen LogP contribution is 2.43. The van der Waals surface area contributed by atoms with Crippen LogP contribution in [0.25, 0.3) is 0 Å². The number of anilines is 1. The molecule has 2 aliphatic rings. The molecule has 2 N–H and O–H groups in total. The summed E-state index contributed by atoms with van der Waals surface area (Å²) in [5.74, 6) is 3.77. The van der Waals surface area contributed by atoms with Crippen molar-refractivity contribution >= 4 is 28.9 Å². The van der Waals surface area contributed by atoms with Crippen LogP contribution in [0.2, 0.25) is 5.02 Å². The molecule has 2 aliphatic heterocycles. The van der Waals surface area contributed by atoms with E-state index in [0.29, 0.717) is 76.2 Å². The minimum atomic E-state index is -0.432. The number of fused-ring (bicyclic) bond motifs is 1. The Morgan fingerprint density at radius 1 is 0.745 bits per heavy atom. The summed E-state index contributed by atoms with van der Waals surface area (Å²) in [7, 11) is 7.91. The lowest BCUT2D eigenvalue weighted by molar-refractivity contribution is 0.0832. The Bertz CT molecular complexity index is 1890. The second kappa shape index (κ2) is 16.0. The number of rotatable bonds is 15. The Morgan fingerprint density at radius 2 is 1.45 bits per heavy atom. The fourth-order valence-electron chi connectivity index (χ4n) is 6.03. The van der Waals surface area contributed by atoms with Crippen molar-refractivity contribution in [2.45, 2.75) is 31.5 Å². The van der Waals surface area contributed by atoms with Crippen molar-refractivity contribution in [2.75, 3.05) is 54.1 Å². The molecule has 0 radical (unpaired) electrons. The van der Waals surface area contributed by atoms with Crippen LogP contribution in [0.5, 0.6) is 40.2 Å². The van der Waals surface area contributed by atoms with Crippen LogP contribution in [-0.2, 0) is 4.84 Å².